The Balaban J connectivity index is 1.68. The van der Waals surface area contributed by atoms with Gasteiger partial charge in [-0.15, -0.1) is 0 Å². The number of ether oxygens (including phenoxy) is 1. The van der Waals surface area contributed by atoms with Crippen molar-refractivity contribution in [3.8, 4) is 5.75 Å². The predicted molar refractivity (Wildman–Crippen MR) is 82.3 cm³/mol. The van der Waals surface area contributed by atoms with Gasteiger partial charge in [0, 0.05) is 29.8 Å². The highest BCUT2D eigenvalue weighted by molar-refractivity contribution is 6.09. The highest BCUT2D eigenvalue weighted by Crippen LogP contribution is 2.28. The molecule has 0 amide bonds. The molecule has 0 unspecified atom stereocenters. The highest BCUT2D eigenvalue weighted by Gasteiger charge is 2.17. The molecule has 3 nitrogen and oxygen atoms in total. The van der Waals surface area contributed by atoms with E-state index in [2.05, 4.69) is 5.32 Å². The lowest BCUT2D eigenvalue weighted by molar-refractivity contribution is 0.103. The molecule has 0 saturated heterocycles. The van der Waals surface area contributed by atoms with Crippen molar-refractivity contribution in [3.05, 3.63) is 58.7 Å². The van der Waals surface area contributed by atoms with Gasteiger partial charge in [-0.25, -0.2) is 0 Å². The van der Waals surface area contributed by atoms with Crippen LogP contribution in [0.1, 0.15) is 33.5 Å². The van der Waals surface area contributed by atoms with E-state index >= 15 is 0 Å². The van der Waals surface area contributed by atoms with E-state index in [-0.39, 0.29) is 5.78 Å². The first-order chi connectivity index (χ1) is 10.3. The third-order valence-corrected chi connectivity index (χ3v) is 4.26. The normalized spacial score (nSPS) is 15.6. The van der Waals surface area contributed by atoms with Gasteiger partial charge in [-0.1, -0.05) is 0 Å². The summed E-state index contributed by atoms with van der Waals surface area (Å²) in [4.78, 5) is 12.7. The number of carbonyl (C=O) groups is 1. The summed E-state index contributed by atoms with van der Waals surface area (Å²) in [6.07, 6.45) is 3.06. The molecule has 0 atom stereocenters. The SMILES string of the molecule is O=C(c1ccc2c(c1)CCCN2)c1ccc2c(c1)CCO2. The van der Waals surface area contributed by atoms with Gasteiger partial charge in [0.25, 0.3) is 0 Å². The molecule has 0 spiro atoms. The largest absolute Gasteiger partial charge is 0.493 e. The van der Waals surface area contributed by atoms with Crippen molar-refractivity contribution in [2.45, 2.75) is 19.3 Å². The first-order valence-electron chi connectivity index (χ1n) is 7.48. The van der Waals surface area contributed by atoms with Gasteiger partial charge in [0.05, 0.1) is 6.61 Å². The first-order valence-corrected chi connectivity index (χ1v) is 7.48. The molecular formula is C18H17NO2. The third kappa shape index (κ3) is 2.19. The summed E-state index contributed by atoms with van der Waals surface area (Å²) in [6.45, 7) is 1.74. The summed E-state index contributed by atoms with van der Waals surface area (Å²) in [5, 5.41) is 3.37. The van der Waals surface area contributed by atoms with Crippen LogP contribution < -0.4 is 10.1 Å². The van der Waals surface area contributed by atoms with Gasteiger partial charge in [-0.05, 0) is 60.4 Å². The molecule has 2 aromatic carbocycles. The number of aryl methyl sites for hydroxylation is 1. The van der Waals surface area contributed by atoms with E-state index < -0.39 is 0 Å². The fourth-order valence-corrected chi connectivity index (χ4v) is 3.11. The second kappa shape index (κ2) is 4.92. The number of nitrogens with one attached hydrogen (secondary N) is 1. The van der Waals surface area contributed by atoms with Crippen LogP contribution in [0.25, 0.3) is 0 Å². The number of ketones is 1. The van der Waals surface area contributed by atoms with Crippen LogP contribution in [0.3, 0.4) is 0 Å². The Hall–Kier alpha value is -2.29. The van der Waals surface area contributed by atoms with Crippen LogP contribution in [0.5, 0.6) is 5.75 Å². The van der Waals surface area contributed by atoms with Crippen molar-refractivity contribution < 1.29 is 9.53 Å². The summed E-state index contributed by atoms with van der Waals surface area (Å²) in [6, 6.07) is 11.7. The molecule has 0 radical (unpaired) electrons. The standard InChI is InChI=1S/C18H17NO2/c20-18(15-4-6-17-13(11-15)7-9-21-17)14-3-5-16-12(10-14)2-1-8-19-16/h3-6,10-11,19H,1-2,7-9H2. The van der Waals surface area contributed by atoms with Crippen LogP contribution >= 0.6 is 0 Å². The molecule has 4 rings (SSSR count). The third-order valence-electron chi connectivity index (χ3n) is 4.26. The van der Waals surface area contributed by atoms with E-state index in [1.807, 2.05) is 36.4 Å². The smallest absolute Gasteiger partial charge is 0.193 e. The van der Waals surface area contributed by atoms with Gasteiger partial charge < -0.3 is 10.1 Å². The van der Waals surface area contributed by atoms with Crippen molar-refractivity contribution in [1.29, 1.82) is 0 Å². The Morgan fingerprint density at radius 3 is 2.71 bits per heavy atom. The van der Waals surface area contributed by atoms with Gasteiger partial charge in [0.2, 0.25) is 0 Å². The molecule has 2 aromatic rings. The quantitative estimate of drug-likeness (QED) is 0.858. The average molecular weight is 279 g/mol. The van der Waals surface area contributed by atoms with Crippen LogP contribution in [-0.2, 0) is 12.8 Å². The highest BCUT2D eigenvalue weighted by atomic mass is 16.5. The molecule has 0 aromatic heterocycles. The molecule has 0 saturated carbocycles. The zero-order chi connectivity index (χ0) is 14.2. The Morgan fingerprint density at radius 1 is 1.00 bits per heavy atom. The number of benzene rings is 2. The van der Waals surface area contributed by atoms with Crippen molar-refractivity contribution in [2.24, 2.45) is 0 Å². The van der Waals surface area contributed by atoms with Crippen molar-refractivity contribution in [3.63, 3.8) is 0 Å². The summed E-state index contributed by atoms with van der Waals surface area (Å²) < 4.78 is 5.49. The van der Waals surface area contributed by atoms with Gasteiger partial charge in [0.15, 0.2) is 5.78 Å². The summed E-state index contributed by atoms with van der Waals surface area (Å²) >= 11 is 0. The Labute approximate surface area is 123 Å². The topological polar surface area (TPSA) is 38.3 Å². The van der Waals surface area contributed by atoms with Crippen molar-refractivity contribution in [2.75, 3.05) is 18.5 Å². The van der Waals surface area contributed by atoms with E-state index in [1.54, 1.807) is 0 Å². The van der Waals surface area contributed by atoms with E-state index in [1.165, 1.54) is 11.3 Å². The molecule has 3 heteroatoms. The minimum atomic E-state index is 0.0954. The molecule has 2 aliphatic rings. The van der Waals surface area contributed by atoms with E-state index in [9.17, 15) is 4.79 Å². The lowest BCUT2D eigenvalue weighted by Crippen LogP contribution is -2.12. The second-order valence-corrected chi connectivity index (χ2v) is 5.65. The molecule has 21 heavy (non-hydrogen) atoms. The minimum absolute atomic E-state index is 0.0954. The number of rotatable bonds is 2. The summed E-state index contributed by atoms with van der Waals surface area (Å²) in [7, 11) is 0. The molecule has 106 valence electrons. The van der Waals surface area contributed by atoms with Crippen molar-refractivity contribution >= 4 is 11.5 Å². The van der Waals surface area contributed by atoms with Crippen LogP contribution in [0.2, 0.25) is 0 Å². The van der Waals surface area contributed by atoms with Crippen LogP contribution in [0, 0.1) is 0 Å². The number of carbonyl (C=O) groups excluding carboxylic acids is 1. The maximum Gasteiger partial charge on any atom is 0.193 e. The van der Waals surface area contributed by atoms with Crippen LogP contribution in [0.15, 0.2) is 36.4 Å². The van der Waals surface area contributed by atoms with Crippen LogP contribution in [-0.4, -0.2) is 18.9 Å². The fraction of sp³-hybridized carbons (Fsp3) is 0.278. The lowest BCUT2D eigenvalue weighted by Gasteiger charge is -2.18. The minimum Gasteiger partial charge on any atom is -0.493 e. The summed E-state index contributed by atoms with van der Waals surface area (Å²) in [5.74, 6) is 1.01. The van der Waals surface area contributed by atoms with Crippen LogP contribution in [0.4, 0.5) is 5.69 Å². The lowest BCUT2D eigenvalue weighted by atomic mass is 9.95. The number of hydrogen-bond donors (Lipinski definition) is 1. The van der Waals surface area contributed by atoms with Gasteiger partial charge in [-0.2, -0.15) is 0 Å². The zero-order valence-corrected chi connectivity index (χ0v) is 11.8. The molecule has 1 N–H and O–H groups in total. The molecule has 2 heterocycles. The fourth-order valence-electron chi connectivity index (χ4n) is 3.11. The van der Waals surface area contributed by atoms with E-state index in [4.69, 9.17) is 4.74 Å². The Bertz CT molecular complexity index is 721. The maximum absolute atomic E-state index is 12.7. The second-order valence-electron chi connectivity index (χ2n) is 5.65. The Morgan fingerprint density at radius 2 is 1.81 bits per heavy atom. The average Bonchev–Trinajstić information content (AvgIpc) is 3.01. The molecule has 0 bridgehead atoms. The van der Waals surface area contributed by atoms with E-state index in [0.29, 0.717) is 0 Å². The predicted octanol–water partition coefficient (Wildman–Crippen LogP) is 3.21. The monoisotopic (exact) mass is 279 g/mol. The van der Waals surface area contributed by atoms with Crippen molar-refractivity contribution in [1.82, 2.24) is 0 Å². The zero-order valence-electron chi connectivity index (χ0n) is 11.8. The maximum atomic E-state index is 12.7. The molecule has 0 aliphatic carbocycles. The Kier molecular flexibility index (Phi) is 2.92. The van der Waals surface area contributed by atoms with Gasteiger partial charge in [0.1, 0.15) is 5.75 Å². The summed E-state index contributed by atoms with van der Waals surface area (Å²) in [5.41, 5.74) is 5.08. The van der Waals surface area contributed by atoms with Gasteiger partial charge in [-0.3, -0.25) is 4.79 Å². The molecule has 2 aliphatic heterocycles. The first kappa shape index (κ1) is 12.5. The molecular weight excluding hydrogens is 262 g/mol. The number of anilines is 1. The number of hydrogen-bond acceptors (Lipinski definition) is 3. The molecule has 0 fully saturated rings. The van der Waals surface area contributed by atoms with E-state index in [0.717, 1.165) is 54.9 Å². The van der Waals surface area contributed by atoms with Gasteiger partial charge >= 0.3 is 0 Å². The number of fused-ring (bicyclic) bond motifs is 2.